The van der Waals surface area contributed by atoms with Crippen LogP contribution >= 0.6 is 15.9 Å². The van der Waals surface area contributed by atoms with Gasteiger partial charge in [0.1, 0.15) is 17.6 Å². The van der Waals surface area contributed by atoms with Crippen molar-refractivity contribution in [2.24, 2.45) is 0 Å². The third-order valence-electron chi connectivity index (χ3n) is 2.78. The number of benzene rings is 1. The number of ether oxygens (including phenoxy) is 2. The van der Waals surface area contributed by atoms with Gasteiger partial charge < -0.3 is 14.6 Å². The molecule has 0 saturated heterocycles. The van der Waals surface area contributed by atoms with Gasteiger partial charge in [0, 0.05) is 5.56 Å². The van der Waals surface area contributed by atoms with Crippen LogP contribution in [0.1, 0.15) is 26.3 Å². The first-order valence-electron chi connectivity index (χ1n) is 7.07. The fraction of sp³-hybridized carbons (Fsp3) is 0.353. The zero-order valence-corrected chi connectivity index (χ0v) is 14.6. The largest absolute Gasteiger partial charge is 0.511 e. The monoisotopic (exact) mass is 368 g/mol. The summed E-state index contributed by atoms with van der Waals surface area (Å²) in [5.74, 6) is 0.572. The molecule has 1 unspecified atom stereocenters. The van der Waals surface area contributed by atoms with Gasteiger partial charge in [-0.2, -0.15) is 0 Å². The molecular weight excluding hydrogens is 348 g/mol. The lowest BCUT2D eigenvalue weighted by atomic mass is 10.1. The van der Waals surface area contributed by atoms with E-state index in [0.29, 0.717) is 16.8 Å². The molecule has 1 atom stereocenters. The predicted octanol–water partition coefficient (Wildman–Crippen LogP) is 4.30. The molecule has 22 heavy (non-hydrogen) atoms. The molecule has 0 aromatic heterocycles. The van der Waals surface area contributed by atoms with Crippen LogP contribution in [0.3, 0.4) is 0 Å². The van der Waals surface area contributed by atoms with Crippen molar-refractivity contribution in [3.63, 3.8) is 0 Å². The minimum atomic E-state index is -0.275. The topological polar surface area (TPSA) is 55.8 Å². The molecule has 0 spiro atoms. The Labute approximate surface area is 139 Å². The van der Waals surface area contributed by atoms with E-state index < -0.39 is 0 Å². The Balaban J connectivity index is 2.77. The van der Waals surface area contributed by atoms with Crippen LogP contribution in [-0.2, 0) is 16.0 Å². The van der Waals surface area contributed by atoms with E-state index in [1.54, 1.807) is 19.9 Å². The van der Waals surface area contributed by atoms with Crippen molar-refractivity contribution in [1.29, 1.82) is 0 Å². The third kappa shape index (κ3) is 6.35. The summed E-state index contributed by atoms with van der Waals surface area (Å²) in [6.07, 6.45) is 3.51. The molecule has 1 aromatic rings. The van der Waals surface area contributed by atoms with Gasteiger partial charge in [-0.15, -0.1) is 0 Å². The minimum Gasteiger partial charge on any atom is -0.511 e. The highest BCUT2D eigenvalue weighted by Crippen LogP contribution is 2.21. The molecule has 0 heterocycles. The first-order valence-corrected chi connectivity index (χ1v) is 7.87. The first-order chi connectivity index (χ1) is 10.4. The van der Waals surface area contributed by atoms with Crippen molar-refractivity contribution in [2.45, 2.75) is 33.3 Å². The normalized spacial score (nSPS) is 13.6. The second kappa shape index (κ2) is 9.30. The van der Waals surface area contributed by atoms with Crippen LogP contribution in [0.25, 0.3) is 0 Å². The Morgan fingerprint density at radius 1 is 1.41 bits per heavy atom. The third-order valence-corrected chi connectivity index (χ3v) is 3.62. The average Bonchev–Trinajstić information content (AvgIpc) is 2.47. The molecule has 1 aromatic carbocycles. The highest BCUT2D eigenvalue weighted by Gasteiger charge is 2.11. The molecule has 0 amide bonds. The number of rotatable bonds is 7. The molecule has 0 radical (unpaired) electrons. The highest BCUT2D eigenvalue weighted by atomic mass is 79.9. The van der Waals surface area contributed by atoms with Crippen LogP contribution in [0.4, 0.5) is 0 Å². The van der Waals surface area contributed by atoms with E-state index in [2.05, 4.69) is 15.9 Å². The van der Waals surface area contributed by atoms with Gasteiger partial charge >= 0.3 is 5.97 Å². The lowest BCUT2D eigenvalue weighted by Gasteiger charge is -2.14. The van der Waals surface area contributed by atoms with E-state index >= 15 is 0 Å². The van der Waals surface area contributed by atoms with E-state index in [0.717, 1.165) is 5.56 Å². The quantitative estimate of drug-likeness (QED) is 0.442. The minimum absolute atomic E-state index is 0.180. The second-order valence-electron chi connectivity index (χ2n) is 4.70. The number of halogens is 1. The van der Waals surface area contributed by atoms with E-state index in [1.807, 2.05) is 37.3 Å². The Morgan fingerprint density at radius 2 is 2.09 bits per heavy atom. The molecular formula is C17H21BrO4. The maximum absolute atomic E-state index is 11.6. The van der Waals surface area contributed by atoms with Gasteiger partial charge in [-0.3, -0.25) is 4.79 Å². The van der Waals surface area contributed by atoms with Crippen molar-refractivity contribution in [2.75, 3.05) is 6.61 Å². The van der Waals surface area contributed by atoms with Gasteiger partial charge in [0.2, 0.25) is 0 Å². The van der Waals surface area contributed by atoms with Gasteiger partial charge in [0.15, 0.2) is 0 Å². The number of esters is 1. The lowest BCUT2D eigenvalue weighted by molar-refractivity contribution is -0.142. The number of carbonyl (C=O) groups is 1. The van der Waals surface area contributed by atoms with Crippen molar-refractivity contribution in [3.8, 4) is 5.75 Å². The Kier molecular flexibility index (Phi) is 7.74. The lowest BCUT2D eigenvalue weighted by Crippen LogP contribution is -2.12. The van der Waals surface area contributed by atoms with Crippen LogP contribution in [0, 0.1) is 0 Å². The van der Waals surface area contributed by atoms with E-state index in [-0.39, 0.29) is 24.3 Å². The zero-order valence-electron chi connectivity index (χ0n) is 13.0. The Bertz CT molecular complexity index is 560. The maximum Gasteiger partial charge on any atom is 0.310 e. The van der Waals surface area contributed by atoms with Gasteiger partial charge in [0.05, 0.1) is 17.5 Å². The molecule has 0 saturated carbocycles. The SMILES string of the molecule is CCOC(=O)Cc1ccccc1OC(C)/C=C\C(Br)=C(/C)O. The van der Waals surface area contributed by atoms with Crippen molar-refractivity contribution >= 4 is 21.9 Å². The van der Waals surface area contributed by atoms with Gasteiger partial charge in [-0.25, -0.2) is 0 Å². The van der Waals surface area contributed by atoms with Crippen LogP contribution in [0.2, 0.25) is 0 Å². The molecule has 0 fully saturated rings. The molecule has 0 aliphatic heterocycles. The van der Waals surface area contributed by atoms with Crippen LogP contribution < -0.4 is 4.74 Å². The number of aliphatic hydroxyl groups excluding tert-OH is 1. The molecule has 0 bridgehead atoms. The second-order valence-corrected chi connectivity index (χ2v) is 5.56. The Morgan fingerprint density at radius 3 is 2.73 bits per heavy atom. The summed E-state index contributed by atoms with van der Waals surface area (Å²) in [4.78, 5) is 11.6. The fourth-order valence-electron chi connectivity index (χ4n) is 1.71. The smallest absolute Gasteiger partial charge is 0.310 e. The summed E-state index contributed by atoms with van der Waals surface area (Å²) in [5, 5.41) is 9.31. The summed E-state index contributed by atoms with van der Waals surface area (Å²) < 4.78 is 11.4. The number of para-hydroxylation sites is 1. The molecule has 1 rings (SSSR count). The Hall–Kier alpha value is -1.75. The number of aliphatic hydroxyl groups is 1. The van der Waals surface area contributed by atoms with Crippen molar-refractivity contribution in [3.05, 3.63) is 52.2 Å². The van der Waals surface area contributed by atoms with Crippen LogP contribution in [0.15, 0.2) is 46.7 Å². The van der Waals surface area contributed by atoms with Crippen LogP contribution in [0.5, 0.6) is 5.75 Å². The van der Waals surface area contributed by atoms with E-state index in [1.165, 1.54) is 0 Å². The predicted molar refractivity (Wildman–Crippen MR) is 90.3 cm³/mol. The average molecular weight is 369 g/mol. The molecule has 4 nitrogen and oxygen atoms in total. The van der Waals surface area contributed by atoms with Gasteiger partial charge in [-0.05, 0) is 54.9 Å². The number of carbonyl (C=O) groups excluding carboxylic acids is 1. The summed E-state index contributed by atoms with van der Waals surface area (Å²) in [6, 6.07) is 7.38. The number of hydrogen-bond acceptors (Lipinski definition) is 4. The summed E-state index contributed by atoms with van der Waals surface area (Å²) >= 11 is 3.25. The summed E-state index contributed by atoms with van der Waals surface area (Å²) in [6.45, 7) is 5.61. The molecule has 120 valence electrons. The first kappa shape index (κ1) is 18.3. The van der Waals surface area contributed by atoms with Crippen molar-refractivity contribution < 1.29 is 19.4 Å². The zero-order chi connectivity index (χ0) is 16.5. The summed E-state index contributed by atoms with van der Waals surface area (Å²) in [5.41, 5.74) is 0.786. The fourth-order valence-corrected chi connectivity index (χ4v) is 1.87. The van der Waals surface area contributed by atoms with Gasteiger partial charge in [0.25, 0.3) is 0 Å². The molecule has 5 heteroatoms. The molecule has 0 aliphatic carbocycles. The van der Waals surface area contributed by atoms with Gasteiger partial charge in [-0.1, -0.05) is 18.2 Å². The van der Waals surface area contributed by atoms with Crippen molar-refractivity contribution in [1.82, 2.24) is 0 Å². The molecule has 1 N–H and O–H groups in total. The maximum atomic E-state index is 11.6. The highest BCUT2D eigenvalue weighted by molar-refractivity contribution is 9.11. The standard InChI is InChI=1S/C17H21BrO4/c1-4-21-17(20)11-14-7-5-6-8-16(14)22-12(2)9-10-15(18)13(3)19/h5-10,12,19H,4,11H2,1-3H3/b10-9-,15-13-. The molecule has 0 aliphatic rings. The number of hydrogen-bond donors (Lipinski definition) is 1. The summed E-state index contributed by atoms with van der Waals surface area (Å²) in [7, 11) is 0. The van der Waals surface area contributed by atoms with E-state index in [4.69, 9.17) is 9.47 Å². The number of allylic oxidation sites excluding steroid dienone is 3. The van der Waals surface area contributed by atoms with E-state index in [9.17, 15) is 9.90 Å². The van der Waals surface area contributed by atoms with Crippen LogP contribution in [-0.4, -0.2) is 23.8 Å².